The molecule has 0 N–H and O–H groups in total. The van der Waals surface area contributed by atoms with Gasteiger partial charge in [-0.1, -0.05) is 24.3 Å². The topological polar surface area (TPSA) is 59.7 Å². The van der Waals surface area contributed by atoms with Crippen molar-refractivity contribution >= 4 is 11.6 Å². The van der Waals surface area contributed by atoms with Crippen LogP contribution in [0.3, 0.4) is 0 Å². The largest absolute Gasteiger partial charge is 0.493 e. The molecule has 6 heteroatoms. The molecule has 0 spiro atoms. The number of para-hydroxylation sites is 1. The van der Waals surface area contributed by atoms with E-state index in [-0.39, 0.29) is 11.8 Å². The Morgan fingerprint density at radius 1 is 1.12 bits per heavy atom. The van der Waals surface area contributed by atoms with Crippen LogP contribution in [0.2, 0.25) is 0 Å². The van der Waals surface area contributed by atoms with Gasteiger partial charge in [-0.05, 0) is 37.1 Å². The lowest BCUT2D eigenvalue weighted by molar-refractivity contribution is -0.133. The van der Waals surface area contributed by atoms with Crippen molar-refractivity contribution in [1.29, 1.82) is 0 Å². The molecule has 0 radical (unpaired) electrons. The van der Waals surface area contributed by atoms with E-state index >= 15 is 0 Å². The van der Waals surface area contributed by atoms with Gasteiger partial charge in [-0.25, -0.2) is 0 Å². The molecular weight excluding hydrogens is 328 g/mol. The molecule has 3 aromatic rings. The second kappa shape index (κ2) is 7.56. The predicted molar refractivity (Wildman–Crippen MR) is 98.1 cm³/mol. The van der Waals surface area contributed by atoms with Crippen LogP contribution in [-0.4, -0.2) is 45.1 Å². The lowest BCUT2D eigenvalue weighted by Crippen LogP contribution is -2.40. The van der Waals surface area contributed by atoms with E-state index in [1.54, 1.807) is 0 Å². The van der Waals surface area contributed by atoms with Crippen molar-refractivity contribution in [2.24, 2.45) is 0 Å². The van der Waals surface area contributed by atoms with E-state index in [1.807, 2.05) is 64.0 Å². The Kier molecular flexibility index (Phi) is 4.82. The molecule has 6 nitrogen and oxygen atoms in total. The third kappa shape index (κ3) is 3.54. The minimum Gasteiger partial charge on any atom is -0.493 e. The zero-order chi connectivity index (χ0) is 17.8. The van der Waals surface area contributed by atoms with E-state index in [0.29, 0.717) is 19.6 Å². The highest BCUT2D eigenvalue weighted by Crippen LogP contribution is 2.26. The number of likely N-dealkylation sites (tertiary alicyclic amines) is 1. The van der Waals surface area contributed by atoms with Gasteiger partial charge in [0.05, 0.1) is 13.0 Å². The highest BCUT2D eigenvalue weighted by Gasteiger charge is 2.27. The Balaban J connectivity index is 1.36. The maximum atomic E-state index is 12.6. The van der Waals surface area contributed by atoms with E-state index in [9.17, 15) is 4.79 Å². The molecule has 26 heavy (non-hydrogen) atoms. The van der Waals surface area contributed by atoms with Crippen molar-refractivity contribution < 1.29 is 9.53 Å². The van der Waals surface area contributed by atoms with Crippen LogP contribution in [0, 0.1) is 0 Å². The first-order chi connectivity index (χ1) is 12.8. The van der Waals surface area contributed by atoms with Gasteiger partial charge < -0.3 is 9.64 Å². The molecule has 0 bridgehead atoms. The quantitative estimate of drug-likeness (QED) is 0.710. The number of fused-ring (bicyclic) bond motifs is 1. The van der Waals surface area contributed by atoms with E-state index in [2.05, 4.69) is 10.2 Å². The van der Waals surface area contributed by atoms with Gasteiger partial charge in [0.2, 0.25) is 5.91 Å². The lowest BCUT2D eigenvalue weighted by Gasteiger charge is -2.32. The van der Waals surface area contributed by atoms with Crippen molar-refractivity contribution in [2.75, 3.05) is 19.7 Å². The summed E-state index contributed by atoms with van der Waals surface area (Å²) >= 11 is 0. The summed E-state index contributed by atoms with van der Waals surface area (Å²) in [6, 6.07) is 15.5. The molecule has 3 heterocycles. The third-order valence-electron chi connectivity index (χ3n) is 4.81. The Morgan fingerprint density at radius 2 is 1.96 bits per heavy atom. The fourth-order valence-electron chi connectivity index (χ4n) is 3.48. The molecule has 1 amide bonds. The van der Waals surface area contributed by atoms with Crippen molar-refractivity contribution in [3.05, 3.63) is 60.6 Å². The highest BCUT2D eigenvalue weighted by atomic mass is 16.5. The van der Waals surface area contributed by atoms with E-state index in [4.69, 9.17) is 4.74 Å². The first kappa shape index (κ1) is 16.6. The number of amides is 1. The van der Waals surface area contributed by atoms with Gasteiger partial charge in [-0.3, -0.25) is 9.20 Å². The Labute approximate surface area is 152 Å². The molecule has 1 unspecified atom stereocenters. The summed E-state index contributed by atoms with van der Waals surface area (Å²) in [4.78, 5) is 14.5. The summed E-state index contributed by atoms with van der Waals surface area (Å²) in [6.45, 7) is 1.90. The lowest BCUT2D eigenvalue weighted by atomic mass is 9.97. The van der Waals surface area contributed by atoms with Gasteiger partial charge in [0.1, 0.15) is 11.6 Å². The predicted octanol–water partition coefficient (Wildman–Crippen LogP) is 2.90. The molecule has 1 aliphatic rings. The van der Waals surface area contributed by atoms with Gasteiger partial charge in [0, 0.05) is 25.2 Å². The molecule has 1 aromatic carbocycles. The van der Waals surface area contributed by atoms with Crippen molar-refractivity contribution in [3.63, 3.8) is 0 Å². The number of hydrogen-bond acceptors (Lipinski definition) is 4. The SMILES string of the molecule is O=C(CCOc1ccccc1)N1CCCC(c2nnc3ccccn23)C1. The molecule has 0 aliphatic carbocycles. The second-order valence-electron chi connectivity index (χ2n) is 6.58. The maximum absolute atomic E-state index is 12.6. The molecule has 1 aliphatic heterocycles. The van der Waals surface area contributed by atoms with Gasteiger partial charge in [0.25, 0.3) is 0 Å². The first-order valence-corrected chi connectivity index (χ1v) is 9.06. The smallest absolute Gasteiger partial charge is 0.226 e. The zero-order valence-corrected chi connectivity index (χ0v) is 14.6. The maximum Gasteiger partial charge on any atom is 0.226 e. The first-order valence-electron chi connectivity index (χ1n) is 9.06. The number of piperidine rings is 1. The molecule has 1 atom stereocenters. The zero-order valence-electron chi connectivity index (χ0n) is 14.6. The standard InChI is InChI=1S/C20H22N4O2/c25-19(11-14-26-17-8-2-1-3-9-17)23-12-6-7-16(15-23)20-22-21-18-10-4-5-13-24(18)20/h1-5,8-10,13,16H,6-7,11-12,14-15H2. The second-order valence-corrected chi connectivity index (χ2v) is 6.58. The van der Waals surface area contributed by atoms with Crippen molar-refractivity contribution in [2.45, 2.75) is 25.2 Å². The molecule has 4 rings (SSSR count). The Hall–Kier alpha value is -2.89. The number of carbonyl (C=O) groups excluding carboxylic acids is 1. The number of rotatable bonds is 5. The number of aromatic nitrogens is 3. The van der Waals surface area contributed by atoms with E-state index in [1.165, 1.54) is 0 Å². The summed E-state index contributed by atoms with van der Waals surface area (Å²) in [5.74, 6) is 2.10. The van der Waals surface area contributed by atoms with Crippen LogP contribution >= 0.6 is 0 Å². The van der Waals surface area contributed by atoms with Crippen LogP contribution in [-0.2, 0) is 4.79 Å². The number of benzene rings is 1. The monoisotopic (exact) mass is 350 g/mol. The van der Waals surface area contributed by atoms with Gasteiger partial charge >= 0.3 is 0 Å². The average molecular weight is 350 g/mol. The van der Waals surface area contributed by atoms with Crippen molar-refractivity contribution in [3.8, 4) is 5.75 Å². The summed E-state index contributed by atoms with van der Waals surface area (Å²) in [5.41, 5.74) is 0.849. The Morgan fingerprint density at radius 3 is 2.85 bits per heavy atom. The molecular formula is C20H22N4O2. The number of carbonyl (C=O) groups is 1. The summed E-state index contributed by atoms with van der Waals surface area (Å²) in [7, 11) is 0. The van der Waals surface area contributed by atoms with Gasteiger partial charge in [-0.2, -0.15) is 0 Å². The summed E-state index contributed by atoms with van der Waals surface area (Å²) < 4.78 is 7.68. The molecule has 2 aromatic heterocycles. The molecule has 134 valence electrons. The van der Waals surface area contributed by atoms with Crippen LogP contribution < -0.4 is 4.74 Å². The molecule has 1 saturated heterocycles. The van der Waals surface area contributed by atoms with E-state index < -0.39 is 0 Å². The summed E-state index contributed by atoms with van der Waals surface area (Å²) in [5, 5.41) is 8.60. The Bertz CT molecular complexity index is 878. The average Bonchev–Trinajstić information content (AvgIpc) is 3.13. The number of pyridine rings is 1. The van der Waals surface area contributed by atoms with E-state index in [0.717, 1.165) is 36.6 Å². The number of hydrogen-bond donors (Lipinski definition) is 0. The van der Waals surface area contributed by atoms with Crippen LogP contribution in [0.15, 0.2) is 54.7 Å². The van der Waals surface area contributed by atoms with Crippen LogP contribution in [0.1, 0.15) is 31.0 Å². The minimum atomic E-state index is 0.138. The third-order valence-corrected chi connectivity index (χ3v) is 4.81. The minimum absolute atomic E-state index is 0.138. The van der Waals surface area contributed by atoms with Gasteiger partial charge in [0.15, 0.2) is 5.65 Å². The van der Waals surface area contributed by atoms with Crippen LogP contribution in [0.25, 0.3) is 5.65 Å². The number of ether oxygens (including phenoxy) is 1. The number of nitrogens with zero attached hydrogens (tertiary/aromatic N) is 4. The fourth-order valence-corrected chi connectivity index (χ4v) is 3.48. The molecule has 0 saturated carbocycles. The van der Waals surface area contributed by atoms with Crippen LogP contribution in [0.4, 0.5) is 0 Å². The fraction of sp³-hybridized carbons (Fsp3) is 0.350. The normalized spacial score (nSPS) is 17.4. The van der Waals surface area contributed by atoms with Crippen molar-refractivity contribution in [1.82, 2.24) is 19.5 Å². The molecule has 1 fully saturated rings. The highest BCUT2D eigenvalue weighted by molar-refractivity contribution is 5.76. The van der Waals surface area contributed by atoms with Crippen LogP contribution in [0.5, 0.6) is 5.75 Å². The summed E-state index contributed by atoms with van der Waals surface area (Å²) in [6.07, 6.45) is 4.39. The van der Waals surface area contributed by atoms with Gasteiger partial charge in [-0.15, -0.1) is 10.2 Å².